The van der Waals surface area contributed by atoms with Gasteiger partial charge in [-0.3, -0.25) is 9.80 Å². The van der Waals surface area contributed by atoms with Gasteiger partial charge in [0.2, 0.25) is 0 Å². The largest absolute Gasteiger partial charge is 0.467 e. The predicted molar refractivity (Wildman–Crippen MR) is 147 cm³/mol. The van der Waals surface area contributed by atoms with Gasteiger partial charge in [-0.2, -0.15) is 0 Å². The molecule has 2 bridgehead atoms. The summed E-state index contributed by atoms with van der Waals surface area (Å²) in [6.07, 6.45) is 0.753. The summed E-state index contributed by atoms with van der Waals surface area (Å²) in [4.78, 5) is 31.2. The zero-order valence-corrected chi connectivity index (χ0v) is 22.6. The minimum absolute atomic E-state index is 0.201. The topological polar surface area (TPSA) is 59.1 Å². The van der Waals surface area contributed by atoms with Gasteiger partial charge >= 0.3 is 12.1 Å². The van der Waals surface area contributed by atoms with Crippen molar-refractivity contribution in [2.24, 2.45) is 0 Å². The molecule has 2 saturated heterocycles. The number of fused-ring (bicyclic) bond motifs is 2. The number of hydrogen-bond donors (Lipinski definition) is 0. The zero-order chi connectivity index (χ0) is 27.0. The van der Waals surface area contributed by atoms with Crippen molar-refractivity contribution in [3.8, 4) is 0 Å². The maximum atomic E-state index is 13.6. The molecular weight excluding hydrogens is 476 g/mol. The first-order valence-corrected chi connectivity index (χ1v) is 13.2. The van der Waals surface area contributed by atoms with Gasteiger partial charge in [-0.15, -0.1) is 0 Å². The van der Waals surface area contributed by atoms with Gasteiger partial charge < -0.3 is 9.47 Å². The summed E-state index contributed by atoms with van der Waals surface area (Å²) < 4.78 is 11.2. The minimum atomic E-state index is -1.15. The van der Waals surface area contributed by atoms with Crippen molar-refractivity contribution < 1.29 is 19.1 Å². The van der Waals surface area contributed by atoms with Gasteiger partial charge in [0.25, 0.3) is 0 Å². The molecule has 2 heterocycles. The normalized spacial score (nSPS) is 21.7. The average molecular weight is 513 g/mol. The van der Waals surface area contributed by atoms with Crippen molar-refractivity contribution in [2.75, 3.05) is 20.2 Å². The number of esters is 1. The Morgan fingerprint density at radius 2 is 1.29 bits per heavy atom. The molecular formula is C32H36N2O4. The van der Waals surface area contributed by atoms with Crippen LogP contribution in [0.1, 0.15) is 50.3 Å². The first-order valence-electron chi connectivity index (χ1n) is 13.2. The molecule has 0 aromatic heterocycles. The fourth-order valence-electron chi connectivity index (χ4n) is 6.40. The Labute approximate surface area is 225 Å². The zero-order valence-electron chi connectivity index (χ0n) is 22.6. The number of amides is 1. The molecule has 1 amide bonds. The van der Waals surface area contributed by atoms with Crippen molar-refractivity contribution in [3.63, 3.8) is 0 Å². The number of carbonyl (C=O) groups excluding carboxylic acids is 2. The lowest BCUT2D eigenvalue weighted by Gasteiger charge is -2.54. The molecule has 5 rings (SSSR count). The number of ether oxygens (including phenoxy) is 2. The van der Waals surface area contributed by atoms with E-state index in [2.05, 4.69) is 77.7 Å². The lowest BCUT2D eigenvalue weighted by atomic mass is 9.74. The molecule has 6 nitrogen and oxygen atoms in total. The molecule has 198 valence electrons. The van der Waals surface area contributed by atoms with Crippen LogP contribution in [0, 0.1) is 0 Å². The summed E-state index contributed by atoms with van der Waals surface area (Å²) >= 11 is 0. The molecule has 2 aliphatic heterocycles. The van der Waals surface area contributed by atoms with Crippen LogP contribution in [0.4, 0.5) is 4.79 Å². The number of nitrogens with zero attached hydrogens (tertiary/aromatic N) is 2. The summed E-state index contributed by atoms with van der Waals surface area (Å²) in [6, 6.07) is 31.0. The summed E-state index contributed by atoms with van der Waals surface area (Å²) in [5.41, 5.74) is 0.787. The van der Waals surface area contributed by atoms with Gasteiger partial charge in [0, 0.05) is 19.1 Å². The van der Waals surface area contributed by atoms with Gasteiger partial charge in [0.1, 0.15) is 5.60 Å². The Hall–Kier alpha value is -3.64. The van der Waals surface area contributed by atoms with E-state index in [0.717, 1.165) is 16.7 Å². The first-order chi connectivity index (χ1) is 18.2. The molecule has 0 aliphatic carbocycles. The van der Waals surface area contributed by atoms with Gasteiger partial charge in [-0.05, 0) is 50.3 Å². The van der Waals surface area contributed by atoms with Crippen LogP contribution in [-0.4, -0.2) is 59.2 Å². The maximum Gasteiger partial charge on any atom is 0.411 e. The molecule has 0 radical (unpaired) electrons. The molecule has 2 atom stereocenters. The number of likely N-dealkylation sites (tertiary alicyclic amines) is 1. The smallest absolute Gasteiger partial charge is 0.411 e. The molecule has 2 unspecified atom stereocenters. The lowest BCUT2D eigenvalue weighted by molar-refractivity contribution is -0.160. The van der Waals surface area contributed by atoms with Gasteiger partial charge in [0.15, 0.2) is 5.54 Å². The Morgan fingerprint density at radius 3 is 1.71 bits per heavy atom. The van der Waals surface area contributed by atoms with E-state index in [-0.39, 0.29) is 6.04 Å². The average Bonchev–Trinajstić information content (AvgIpc) is 3.17. The Morgan fingerprint density at radius 1 is 0.816 bits per heavy atom. The summed E-state index contributed by atoms with van der Waals surface area (Å²) in [5, 5.41) is 0. The van der Waals surface area contributed by atoms with Crippen LogP contribution in [0.15, 0.2) is 91.0 Å². The molecule has 38 heavy (non-hydrogen) atoms. The summed E-state index contributed by atoms with van der Waals surface area (Å²) in [6.45, 7) is 6.43. The van der Waals surface area contributed by atoms with Crippen LogP contribution in [-0.2, 0) is 19.8 Å². The number of carbonyl (C=O) groups is 2. The van der Waals surface area contributed by atoms with Crippen LogP contribution in [0.3, 0.4) is 0 Å². The van der Waals surface area contributed by atoms with Gasteiger partial charge in [0.05, 0.1) is 12.6 Å². The number of benzene rings is 3. The molecule has 6 heteroatoms. The Bertz CT molecular complexity index is 1180. The molecule has 0 saturated carbocycles. The monoisotopic (exact) mass is 512 g/mol. The maximum absolute atomic E-state index is 13.6. The third-order valence-corrected chi connectivity index (χ3v) is 7.81. The summed E-state index contributed by atoms with van der Waals surface area (Å²) in [7, 11) is 1.40. The highest BCUT2D eigenvalue weighted by molar-refractivity contribution is 5.87. The Balaban J connectivity index is 1.71. The van der Waals surface area contributed by atoms with Crippen LogP contribution in [0.25, 0.3) is 0 Å². The van der Waals surface area contributed by atoms with Crippen molar-refractivity contribution in [1.29, 1.82) is 0 Å². The highest BCUT2D eigenvalue weighted by atomic mass is 16.6. The fraction of sp³-hybridized carbons (Fsp3) is 0.375. The van der Waals surface area contributed by atoms with E-state index in [0.29, 0.717) is 25.9 Å². The van der Waals surface area contributed by atoms with Crippen LogP contribution >= 0.6 is 0 Å². The number of rotatable bonds is 5. The SMILES string of the molecule is COC(=O)C12CCC(CN(C(c3ccccc3)(c3ccccc3)c3ccccc3)C1)N2C(=O)OC(C)(C)C. The Kier molecular flexibility index (Phi) is 6.78. The van der Waals surface area contributed by atoms with Crippen LogP contribution in [0.5, 0.6) is 0 Å². The van der Waals surface area contributed by atoms with E-state index in [1.54, 1.807) is 4.90 Å². The number of methoxy groups -OCH3 is 1. The number of piperazine rings is 1. The third kappa shape index (κ3) is 4.27. The fourth-order valence-corrected chi connectivity index (χ4v) is 6.40. The second-order valence-electron chi connectivity index (χ2n) is 11.3. The van der Waals surface area contributed by atoms with E-state index in [1.165, 1.54) is 7.11 Å². The van der Waals surface area contributed by atoms with E-state index < -0.39 is 28.7 Å². The van der Waals surface area contributed by atoms with Gasteiger partial charge in [-0.1, -0.05) is 91.0 Å². The molecule has 0 spiro atoms. The minimum Gasteiger partial charge on any atom is -0.467 e. The molecule has 2 fully saturated rings. The molecule has 0 N–H and O–H groups in total. The van der Waals surface area contributed by atoms with Crippen molar-refractivity contribution in [1.82, 2.24) is 9.80 Å². The van der Waals surface area contributed by atoms with Crippen LogP contribution < -0.4 is 0 Å². The van der Waals surface area contributed by atoms with Crippen molar-refractivity contribution in [3.05, 3.63) is 108 Å². The quantitative estimate of drug-likeness (QED) is 0.329. The highest BCUT2D eigenvalue weighted by Crippen LogP contribution is 2.49. The van der Waals surface area contributed by atoms with Crippen LogP contribution in [0.2, 0.25) is 0 Å². The van der Waals surface area contributed by atoms with Gasteiger partial charge in [-0.25, -0.2) is 9.59 Å². The molecule has 3 aromatic carbocycles. The van der Waals surface area contributed by atoms with E-state index >= 15 is 0 Å². The standard InChI is InChI=1S/C32H36N2O4/c1-30(2,3)38-29(36)34-27-20-21-31(34,28(35)37-4)23-33(22-27)32(24-14-8-5-9-15-24,25-16-10-6-11-17-25)26-18-12-7-13-19-26/h5-19,27H,20-23H2,1-4H3. The first kappa shape index (κ1) is 26.0. The van der Waals surface area contributed by atoms with E-state index in [9.17, 15) is 9.59 Å². The second-order valence-corrected chi connectivity index (χ2v) is 11.3. The summed E-state index contributed by atoms with van der Waals surface area (Å²) in [5.74, 6) is -0.404. The number of hydrogen-bond acceptors (Lipinski definition) is 5. The lowest BCUT2D eigenvalue weighted by Crippen LogP contribution is -2.70. The van der Waals surface area contributed by atoms with Crippen molar-refractivity contribution in [2.45, 2.75) is 56.3 Å². The van der Waals surface area contributed by atoms with E-state index in [1.807, 2.05) is 39.0 Å². The predicted octanol–water partition coefficient (Wildman–Crippen LogP) is 5.61. The second kappa shape index (κ2) is 9.91. The van der Waals surface area contributed by atoms with E-state index in [4.69, 9.17) is 9.47 Å². The highest BCUT2D eigenvalue weighted by Gasteiger charge is 2.62. The van der Waals surface area contributed by atoms with Crippen molar-refractivity contribution >= 4 is 12.1 Å². The molecule has 3 aromatic rings. The molecule has 2 aliphatic rings. The third-order valence-electron chi connectivity index (χ3n) is 7.81.